The lowest BCUT2D eigenvalue weighted by molar-refractivity contribution is 0.586. The molecule has 1 N–H and O–H groups in total. The van der Waals surface area contributed by atoms with E-state index in [1.54, 1.807) is 24.9 Å². The summed E-state index contributed by atoms with van der Waals surface area (Å²) in [5.41, 5.74) is 0.735. The molecule has 134 valence electrons. The molecule has 0 bridgehead atoms. The molecule has 3 rings (SSSR count). The lowest BCUT2D eigenvalue weighted by Gasteiger charge is -2.24. The lowest BCUT2D eigenvalue weighted by Crippen LogP contribution is -2.34. The van der Waals surface area contributed by atoms with Gasteiger partial charge in [-0.1, -0.05) is 0 Å². The third-order valence-corrected chi connectivity index (χ3v) is 5.86. The second kappa shape index (κ2) is 6.55. The fraction of sp³-hybridized carbons (Fsp3) is 0.375. The highest BCUT2D eigenvalue weighted by molar-refractivity contribution is 7.91. The van der Waals surface area contributed by atoms with Crippen molar-refractivity contribution in [3.63, 3.8) is 0 Å². The molecule has 1 saturated heterocycles. The zero-order valence-corrected chi connectivity index (χ0v) is 14.6. The third-order valence-electron chi connectivity index (χ3n) is 4.11. The van der Waals surface area contributed by atoms with Gasteiger partial charge < -0.3 is 10.2 Å². The van der Waals surface area contributed by atoms with Crippen molar-refractivity contribution in [1.82, 2.24) is 9.97 Å². The Morgan fingerprint density at radius 2 is 2.00 bits per heavy atom. The number of hydrogen-bond acceptors (Lipinski definition) is 6. The second-order valence-electron chi connectivity index (χ2n) is 6.11. The average Bonchev–Trinajstić information content (AvgIpc) is 2.89. The predicted molar refractivity (Wildman–Crippen MR) is 91.9 cm³/mol. The lowest BCUT2D eigenvalue weighted by atomic mass is 10.2. The van der Waals surface area contributed by atoms with Gasteiger partial charge >= 0.3 is 0 Å². The number of halogens is 2. The van der Waals surface area contributed by atoms with Crippen LogP contribution in [0.2, 0.25) is 0 Å². The minimum atomic E-state index is -3.02. The van der Waals surface area contributed by atoms with Crippen molar-refractivity contribution in [1.29, 1.82) is 0 Å². The van der Waals surface area contributed by atoms with Crippen LogP contribution in [-0.4, -0.2) is 43.0 Å². The molecule has 1 atom stereocenters. The van der Waals surface area contributed by atoms with E-state index in [0.29, 0.717) is 23.9 Å². The molecule has 0 amide bonds. The largest absolute Gasteiger partial charge is 0.340 e. The Morgan fingerprint density at radius 3 is 2.64 bits per heavy atom. The van der Waals surface area contributed by atoms with Crippen LogP contribution in [0.5, 0.6) is 0 Å². The molecule has 25 heavy (non-hydrogen) atoms. The fourth-order valence-electron chi connectivity index (χ4n) is 2.75. The van der Waals surface area contributed by atoms with Crippen LogP contribution in [0.3, 0.4) is 0 Å². The Balaban J connectivity index is 1.85. The smallest absolute Gasteiger partial charge is 0.227 e. The van der Waals surface area contributed by atoms with Gasteiger partial charge in [0.15, 0.2) is 9.84 Å². The summed E-state index contributed by atoms with van der Waals surface area (Å²) < 4.78 is 50.1. The van der Waals surface area contributed by atoms with E-state index < -0.39 is 21.5 Å². The zero-order valence-electron chi connectivity index (χ0n) is 13.8. The summed E-state index contributed by atoms with van der Waals surface area (Å²) in [7, 11) is -1.29. The number of aryl methyl sites for hydroxylation is 1. The van der Waals surface area contributed by atoms with Crippen LogP contribution < -0.4 is 10.2 Å². The van der Waals surface area contributed by atoms with Crippen molar-refractivity contribution in [3.8, 4) is 0 Å². The normalized spacial score (nSPS) is 19.0. The molecule has 1 fully saturated rings. The number of nitrogens with zero attached hydrogens (tertiary/aromatic N) is 3. The summed E-state index contributed by atoms with van der Waals surface area (Å²) in [6.45, 7) is 1.76. The number of hydrogen-bond donors (Lipinski definition) is 1. The first-order chi connectivity index (χ1) is 11.7. The first kappa shape index (κ1) is 17.5. The molecule has 0 saturated carbocycles. The van der Waals surface area contributed by atoms with Crippen molar-refractivity contribution >= 4 is 27.3 Å². The molecule has 2 aromatic rings. The number of anilines is 3. The minimum absolute atomic E-state index is 0.0656. The van der Waals surface area contributed by atoms with E-state index in [4.69, 9.17) is 0 Å². The summed E-state index contributed by atoms with van der Waals surface area (Å²) in [5.74, 6) is -0.471. The van der Waals surface area contributed by atoms with Gasteiger partial charge in [-0.15, -0.1) is 0 Å². The van der Waals surface area contributed by atoms with Crippen LogP contribution >= 0.6 is 0 Å². The summed E-state index contributed by atoms with van der Waals surface area (Å²) in [5, 5.41) is 2.80. The van der Waals surface area contributed by atoms with Gasteiger partial charge in [0.05, 0.1) is 17.2 Å². The Kier molecular flexibility index (Phi) is 4.59. The standard InChI is InChI=1S/C16H18F2N4O2S/c1-10-7-15(20-14-4-3-11(17)8-13(14)18)21-16(19-10)22(2)12-5-6-25(23,24)9-12/h3-4,7-8,12H,5-6,9H2,1-2H3,(H,19,20,21). The van der Waals surface area contributed by atoms with Gasteiger partial charge in [0.2, 0.25) is 5.95 Å². The maximum atomic E-state index is 13.8. The Morgan fingerprint density at radius 1 is 1.24 bits per heavy atom. The average molecular weight is 368 g/mol. The van der Waals surface area contributed by atoms with Gasteiger partial charge in [-0.3, -0.25) is 0 Å². The van der Waals surface area contributed by atoms with Crippen LogP contribution in [0.1, 0.15) is 12.1 Å². The quantitative estimate of drug-likeness (QED) is 0.893. The molecule has 1 aromatic heterocycles. The van der Waals surface area contributed by atoms with E-state index in [9.17, 15) is 17.2 Å². The predicted octanol–water partition coefficient (Wildman–Crippen LogP) is 2.43. The molecule has 1 unspecified atom stereocenters. The van der Waals surface area contributed by atoms with Crippen LogP contribution in [0.25, 0.3) is 0 Å². The Labute approximate surface area is 144 Å². The summed E-state index contributed by atoms with van der Waals surface area (Å²) in [6.07, 6.45) is 0.519. The second-order valence-corrected chi connectivity index (χ2v) is 8.34. The number of sulfone groups is 1. The van der Waals surface area contributed by atoms with Crippen molar-refractivity contribution < 1.29 is 17.2 Å². The highest BCUT2D eigenvalue weighted by Gasteiger charge is 2.31. The van der Waals surface area contributed by atoms with Crippen molar-refractivity contribution in [3.05, 3.63) is 41.6 Å². The van der Waals surface area contributed by atoms with Gasteiger partial charge in [-0.25, -0.2) is 22.2 Å². The van der Waals surface area contributed by atoms with E-state index in [-0.39, 0.29) is 23.2 Å². The molecule has 1 aromatic carbocycles. The molecule has 6 nitrogen and oxygen atoms in total. The minimum Gasteiger partial charge on any atom is -0.340 e. The molecule has 0 aliphatic carbocycles. The third kappa shape index (κ3) is 4.04. The molecule has 1 aliphatic rings. The Hall–Kier alpha value is -2.29. The SMILES string of the molecule is Cc1cc(Nc2ccc(F)cc2F)nc(N(C)C2CCS(=O)(=O)C2)n1. The first-order valence-corrected chi connectivity index (χ1v) is 9.57. The highest BCUT2D eigenvalue weighted by Crippen LogP contribution is 2.24. The van der Waals surface area contributed by atoms with E-state index in [1.807, 2.05) is 0 Å². The Bertz CT molecular complexity index is 905. The van der Waals surface area contributed by atoms with Crippen LogP contribution in [0.4, 0.5) is 26.2 Å². The van der Waals surface area contributed by atoms with Crippen molar-refractivity contribution in [2.75, 3.05) is 28.8 Å². The van der Waals surface area contributed by atoms with Gasteiger partial charge in [-0.05, 0) is 25.5 Å². The maximum Gasteiger partial charge on any atom is 0.227 e. The summed E-state index contributed by atoms with van der Waals surface area (Å²) >= 11 is 0. The molecule has 0 spiro atoms. The number of benzene rings is 1. The molecule has 1 aliphatic heterocycles. The summed E-state index contributed by atoms with van der Waals surface area (Å²) in [6, 6.07) is 4.66. The van der Waals surface area contributed by atoms with E-state index >= 15 is 0 Å². The van der Waals surface area contributed by atoms with Gasteiger partial charge in [0.25, 0.3) is 0 Å². The topological polar surface area (TPSA) is 75.2 Å². The van der Waals surface area contributed by atoms with E-state index in [0.717, 1.165) is 12.1 Å². The molecule has 9 heteroatoms. The number of rotatable bonds is 4. The van der Waals surface area contributed by atoms with Crippen molar-refractivity contribution in [2.45, 2.75) is 19.4 Å². The van der Waals surface area contributed by atoms with Crippen molar-refractivity contribution in [2.24, 2.45) is 0 Å². The van der Waals surface area contributed by atoms with Gasteiger partial charge in [0.1, 0.15) is 17.5 Å². The van der Waals surface area contributed by atoms with Crippen LogP contribution in [0.15, 0.2) is 24.3 Å². The summed E-state index contributed by atoms with van der Waals surface area (Å²) in [4.78, 5) is 10.4. The van der Waals surface area contributed by atoms with Crippen LogP contribution in [0, 0.1) is 18.6 Å². The number of nitrogens with one attached hydrogen (secondary N) is 1. The van der Waals surface area contributed by atoms with E-state index in [1.165, 1.54) is 6.07 Å². The van der Waals surface area contributed by atoms with E-state index in [2.05, 4.69) is 15.3 Å². The molecular formula is C16H18F2N4O2S. The number of aromatic nitrogens is 2. The monoisotopic (exact) mass is 368 g/mol. The first-order valence-electron chi connectivity index (χ1n) is 7.74. The molecule has 2 heterocycles. The molecule has 0 radical (unpaired) electrons. The maximum absolute atomic E-state index is 13.8. The fourth-order valence-corrected chi connectivity index (χ4v) is 4.52. The van der Waals surface area contributed by atoms with Gasteiger partial charge in [0, 0.05) is 30.9 Å². The molecular weight excluding hydrogens is 350 g/mol. The highest BCUT2D eigenvalue weighted by atomic mass is 32.2. The van der Waals surface area contributed by atoms with Gasteiger partial charge in [-0.2, -0.15) is 4.98 Å². The zero-order chi connectivity index (χ0) is 18.2. The van der Waals surface area contributed by atoms with Crippen LogP contribution in [-0.2, 0) is 9.84 Å².